The number of thiophene rings is 1. The van der Waals surface area contributed by atoms with E-state index in [1.54, 1.807) is 23.0 Å². The molecule has 1 aliphatic heterocycles. The SMILES string of the molecule is O=C(Cc1ccc(S(=O)(=O)N2CCCC2)s1)NCCc1ccc(-n2cccn2)cc1. The molecule has 3 heterocycles. The molecule has 0 spiro atoms. The Morgan fingerprint density at radius 2 is 1.87 bits per heavy atom. The Balaban J connectivity index is 1.26. The van der Waals surface area contributed by atoms with Crippen molar-refractivity contribution in [2.75, 3.05) is 19.6 Å². The molecule has 4 rings (SSSR count). The lowest BCUT2D eigenvalue weighted by atomic mass is 10.1. The fraction of sp³-hybridized carbons (Fsp3) is 0.333. The number of carbonyl (C=O) groups is 1. The minimum atomic E-state index is -3.41. The van der Waals surface area contributed by atoms with E-state index < -0.39 is 10.0 Å². The molecule has 0 radical (unpaired) electrons. The maximum Gasteiger partial charge on any atom is 0.252 e. The Labute approximate surface area is 180 Å². The van der Waals surface area contributed by atoms with Crippen molar-refractivity contribution in [3.05, 3.63) is 65.3 Å². The molecule has 0 atom stereocenters. The summed E-state index contributed by atoms with van der Waals surface area (Å²) in [7, 11) is -3.41. The lowest BCUT2D eigenvalue weighted by Crippen LogP contribution is -2.27. The van der Waals surface area contributed by atoms with Gasteiger partial charge in [0.25, 0.3) is 10.0 Å². The largest absolute Gasteiger partial charge is 0.355 e. The highest BCUT2D eigenvalue weighted by atomic mass is 32.2. The van der Waals surface area contributed by atoms with E-state index in [2.05, 4.69) is 10.4 Å². The summed E-state index contributed by atoms with van der Waals surface area (Å²) in [6, 6.07) is 13.3. The van der Waals surface area contributed by atoms with Gasteiger partial charge in [-0.05, 0) is 55.2 Å². The van der Waals surface area contributed by atoms with Crippen LogP contribution in [-0.2, 0) is 27.7 Å². The van der Waals surface area contributed by atoms with Crippen LogP contribution >= 0.6 is 11.3 Å². The van der Waals surface area contributed by atoms with Gasteiger partial charge >= 0.3 is 0 Å². The number of hydrogen-bond acceptors (Lipinski definition) is 5. The van der Waals surface area contributed by atoms with Gasteiger partial charge in [0, 0.05) is 36.9 Å². The van der Waals surface area contributed by atoms with Crippen LogP contribution in [0.2, 0.25) is 0 Å². The smallest absolute Gasteiger partial charge is 0.252 e. The van der Waals surface area contributed by atoms with Gasteiger partial charge in [-0.15, -0.1) is 11.3 Å². The van der Waals surface area contributed by atoms with Crippen molar-refractivity contribution in [1.82, 2.24) is 19.4 Å². The van der Waals surface area contributed by atoms with Gasteiger partial charge in [-0.1, -0.05) is 12.1 Å². The third kappa shape index (κ3) is 4.80. The first-order chi connectivity index (χ1) is 14.5. The molecule has 1 N–H and O–H groups in total. The summed E-state index contributed by atoms with van der Waals surface area (Å²) in [5, 5.41) is 7.12. The Morgan fingerprint density at radius 1 is 1.10 bits per heavy atom. The highest BCUT2D eigenvalue weighted by Crippen LogP contribution is 2.27. The van der Waals surface area contributed by atoms with E-state index in [0.29, 0.717) is 23.8 Å². The molecular weight excluding hydrogens is 420 g/mol. The van der Waals surface area contributed by atoms with Gasteiger partial charge in [0.1, 0.15) is 4.21 Å². The zero-order valence-corrected chi connectivity index (χ0v) is 18.2. The lowest BCUT2D eigenvalue weighted by Gasteiger charge is -2.13. The van der Waals surface area contributed by atoms with Gasteiger partial charge in [-0.25, -0.2) is 13.1 Å². The van der Waals surface area contributed by atoms with E-state index in [-0.39, 0.29) is 12.3 Å². The average Bonchev–Trinajstić information content (AvgIpc) is 3.50. The molecule has 9 heteroatoms. The molecular formula is C21H24N4O3S2. The van der Waals surface area contributed by atoms with Crippen molar-refractivity contribution >= 4 is 27.3 Å². The van der Waals surface area contributed by atoms with Crippen LogP contribution in [0.3, 0.4) is 0 Å². The zero-order chi connectivity index (χ0) is 21.0. The minimum absolute atomic E-state index is 0.102. The van der Waals surface area contributed by atoms with Crippen molar-refractivity contribution in [2.45, 2.75) is 29.9 Å². The quantitative estimate of drug-likeness (QED) is 0.579. The minimum Gasteiger partial charge on any atom is -0.355 e. The molecule has 1 saturated heterocycles. The Kier molecular flexibility index (Phi) is 6.31. The first kappa shape index (κ1) is 20.8. The van der Waals surface area contributed by atoms with Gasteiger partial charge in [-0.3, -0.25) is 4.79 Å². The fourth-order valence-corrected chi connectivity index (χ4v) is 6.48. The number of amides is 1. The van der Waals surface area contributed by atoms with Crippen LogP contribution in [0.1, 0.15) is 23.3 Å². The summed E-state index contributed by atoms with van der Waals surface area (Å²) in [4.78, 5) is 13.0. The van der Waals surface area contributed by atoms with Gasteiger partial charge < -0.3 is 5.32 Å². The van der Waals surface area contributed by atoms with Crippen molar-refractivity contribution in [3.8, 4) is 5.69 Å². The van der Waals surface area contributed by atoms with Crippen molar-refractivity contribution in [3.63, 3.8) is 0 Å². The molecule has 0 aliphatic carbocycles. The van der Waals surface area contributed by atoms with Gasteiger partial charge in [-0.2, -0.15) is 9.40 Å². The molecule has 2 aromatic heterocycles. The molecule has 3 aromatic rings. The standard InChI is InChI=1S/C21H24N4O3S2/c26-20(16-19-8-9-21(29-19)30(27,28)24-13-1-2-14-24)22-12-10-17-4-6-18(7-5-17)25-15-3-11-23-25/h3-9,11,15H,1-2,10,12-14,16H2,(H,22,26). The predicted molar refractivity (Wildman–Crippen MR) is 116 cm³/mol. The second kappa shape index (κ2) is 9.11. The number of carbonyl (C=O) groups excluding carboxylic acids is 1. The van der Waals surface area contributed by atoms with E-state index in [1.165, 1.54) is 15.6 Å². The number of benzene rings is 1. The van der Waals surface area contributed by atoms with E-state index in [4.69, 9.17) is 0 Å². The van der Waals surface area contributed by atoms with E-state index >= 15 is 0 Å². The van der Waals surface area contributed by atoms with E-state index in [9.17, 15) is 13.2 Å². The molecule has 0 unspecified atom stereocenters. The van der Waals surface area contributed by atoms with Gasteiger partial charge in [0.05, 0.1) is 12.1 Å². The first-order valence-electron chi connectivity index (χ1n) is 9.97. The summed E-state index contributed by atoms with van der Waals surface area (Å²) >= 11 is 1.19. The second-order valence-electron chi connectivity index (χ2n) is 7.23. The number of hydrogen-bond donors (Lipinski definition) is 1. The van der Waals surface area contributed by atoms with E-state index in [0.717, 1.165) is 35.4 Å². The number of rotatable bonds is 8. The third-order valence-electron chi connectivity index (χ3n) is 5.07. The van der Waals surface area contributed by atoms with Crippen molar-refractivity contribution in [2.24, 2.45) is 0 Å². The molecule has 1 aliphatic rings. The highest BCUT2D eigenvalue weighted by Gasteiger charge is 2.28. The Bertz CT molecular complexity index is 1080. The predicted octanol–water partition coefficient (Wildman–Crippen LogP) is 2.62. The van der Waals surface area contributed by atoms with Crippen molar-refractivity contribution in [1.29, 1.82) is 0 Å². The second-order valence-corrected chi connectivity index (χ2v) is 10.6. The maximum absolute atomic E-state index is 12.6. The van der Waals surface area contributed by atoms with Crippen LogP contribution in [0, 0.1) is 0 Å². The summed E-state index contributed by atoms with van der Waals surface area (Å²) in [6.45, 7) is 1.70. The Hall–Kier alpha value is -2.49. The van der Waals surface area contributed by atoms with Crippen LogP contribution in [0.5, 0.6) is 0 Å². The molecule has 158 valence electrons. The third-order valence-corrected chi connectivity index (χ3v) is 8.52. The van der Waals surface area contributed by atoms with Crippen LogP contribution in [-0.4, -0.2) is 48.0 Å². The summed E-state index contributed by atoms with van der Waals surface area (Å²) in [6.07, 6.45) is 6.36. The number of sulfonamides is 1. The van der Waals surface area contributed by atoms with Crippen molar-refractivity contribution < 1.29 is 13.2 Å². The lowest BCUT2D eigenvalue weighted by molar-refractivity contribution is -0.120. The Morgan fingerprint density at radius 3 is 2.57 bits per heavy atom. The number of nitrogens with zero attached hydrogens (tertiary/aromatic N) is 3. The molecule has 30 heavy (non-hydrogen) atoms. The van der Waals surface area contributed by atoms with Crippen LogP contribution in [0.25, 0.3) is 5.69 Å². The first-order valence-corrected chi connectivity index (χ1v) is 12.2. The van der Waals surface area contributed by atoms with Gasteiger partial charge in [0.15, 0.2) is 0 Å². The summed E-state index contributed by atoms with van der Waals surface area (Å²) < 4.78 is 28.8. The fourth-order valence-electron chi connectivity index (χ4n) is 3.45. The molecule has 7 nitrogen and oxygen atoms in total. The highest BCUT2D eigenvalue weighted by molar-refractivity contribution is 7.91. The zero-order valence-electron chi connectivity index (χ0n) is 16.5. The molecule has 1 aromatic carbocycles. The van der Waals surface area contributed by atoms with E-state index in [1.807, 2.05) is 36.5 Å². The topological polar surface area (TPSA) is 84.3 Å². The summed E-state index contributed by atoms with van der Waals surface area (Å²) in [5.41, 5.74) is 2.12. The average molecular weight is 445 g/mol. The maximum atomic E-state index is 12.6. The normalized spacial score (nSPS) is 14.8. The molecule has 0 bridgehead atoms. The van der Waals surface area contributed by atoms with Crippen LogP contribution in [0.4, 0.5) is 0 Å². The van der Waals surface area contributed by atoms with Crippen LogP contribution < -0.4 is 5.32 Å². The number of nitrogens with one attached hydrogen (secondary N) is 1. The molecule has 1 amide bonds. The molecule has 0 saturated carbocycles. The summed E-state index contributed by atoms with van der Waals surface area (Å²) in [5.74, 6) is -0.102. The van der Waals surface area contributed by atoms with Gasteiger partial charge in [0.2, 0.25) is 5.91 Å². The molecule has 1 fully saturated rings. The monoisotopic (exact) mass is 444 g/mol. The number of aromatic nitrogens is 2. The van der Waals surface area contributed by atoms with Crippen LogP contribution in [0.15, 0.2) is 59.1 Å².